The summed E-state index contributed by atoms with van der Waals surface area (Å²) in [6.07, 6.45) is 48.5. The van der Waals surface area contributed by atoms with Crippen LogP contribution in [0.25, 0.3) is 0 Å². The molecule has 0 aliphatic heterocycles. The Kier molecular flexibility index (Phi) is 62.4. The minimum absolute atomic E-state index is 0.106. The number of ether oxygens (including phenoxy) is 4. The van der Waals surface area contributed by atoms with Crippen LogP contribution < -0.4 is 0 Å². The number of aliphatic hydroxyl groups excluding tert-OH is 1. The SMILES string of the molecule is CCCCCCCCCCCCCCCC(=O)O[C@H](COC(=O)CCCCCCCCC(C)CC)COP(=O)(O)OC[C@H](O)COP(=O)(O)OC[C@@H](COC(=O)CCCCCCCCCCCCCC(C)C)OC(=O)CCCCCCCCCCCCCCC(C)C. The monoisotopic (exact) mass is 1350 g/mol. The molecule has 17 nitrogen and oxygen atoms in total. The number of phosphoric ester groups is 2. The van der Waals surface area contributed by atoms with Crippen molar-refractivity contribution in [2.24, 2.45) is 17.8 Å². The zero-order valence-electron chi connectivity index (χ0n) is 60.0. The van der Waals surface area contributed by atoms with Crippen molar-refractivity contribution in [1.29, 1.82) is 0 Å². The van der Waals surface area contributed by atoms with Crippen molar-refractivity contribution in [1.82, 2.24) is 0 Å². The summed E-state index contributed by atoms with van der Waals surface area (Å²) < 4.78 is 68.4. The predicted octanol–water partition coefficient (Wildman–Crippen LogP) is 21.0. The zero-order valence-corrected chi connectivity index (χ0v) is 61.8. The molecule has 0 spiro atoms. The highest BCUT2D eigenvalue weighted by atomic mass is 31.2. The molecule has 0 aliphatic carbocycles. The van der Waals surface area contributed by atoms with Gasteiger partial charge < -0.3 is 33.8 Å². The van der Waals surface area contributed by atoms with Crippen LogP contribution in [0.15, 0.2) is 0 Å². The third kappa shape index (κ3) is 65.4. The van der Waals surface area contributed by atoms with E-state index in [9.17, 15) is 43.2 Å². The highest BCUT2D eigenvalue weighted by Crippen LogP contribution is 2.45. The molecule has 546 valence electrons. The molecule has 0 heterocycles. The van der Waals surface area contributed by atoms with Gasteiger partial charge in [0.15, 0.2) is 12.2 Å². The molecule has 3 N–H and O–H groups in total. The fourth-order valence-electron chi connectivity index (χ4n) is 11.0. The number of esters is 4. The lowest BCUT2D eigenvalue weighted by Crippen LogP contribution is -2.30. The largest absolute Gasteiger partial charge is 0.472 e. The Morgan fingerprint density at radius 3 is 0.826 bits per heavy atom. The van der Waals surface area contributed by atoms with Crippen LogP contribution in [0, 0.1) is 17.8 Å². The van der Waals surface area contributed by atoms with Gasteiger partial charge in [-0.2, -0.15) is 0 Å². The Labute approximate surface area is 562 Å². The Balaban J connectivity index is 5.26. The maximum absolute atomic E-state index is 13.1. The summed E-state index contributed by atoms with van der Waals surface area (Å²) in [7, 11) is -9.91. The van der Waals surface area contributed by atoms with Gasteiger partial charge in [0.1, 0.15) is 19.3 Å². The molecule has 3 unspecified atom stereocenters. The third-order valence-corrected chi connectivity index (χ3v) is 19.1. The van der Waals surface area contributed by atoms with Crippen LogP contribution >= 0.6 is 15.6 Å². The van der Waals surface area contributed by atoms with Gasteiger partial charge in [0.2, 0.25) is 0 Å². The molecular formula is C73H142O17P2. The molecule has 0 fully saturated rings. The smallest absolute Gasteiger partial charge is 0.462 e. The van der Waals surface area contributed by atoms with Crippen LogP contribution in [-0.4, -0.2) is 96.7 Å². The van der Waals surface area contributed by atoms with Crippen molar-refractivity contribution in [3.63, 3.8) is 0 Å². The Hall–Kier alpha value is -1.94. The second-order valence-corrected chi connectivity index (χ2v) is 30.4. The van der Waals surface area contributed by atoms with Crippen molar-refractivity contribution in [3.05, 3.63) is 0 Å². The lowest BCUT2D eigenvalue weighted by atomic mass is 10.00. The highest BCUT2D eigenvalue weighted by molar-refractivity contribution is 7.47. The van der Waals surface area contributed by atoms with Gasteiger partial charge in [0.05, 0.1) is 26.4 Å². The molecule has 0 bridgehead atoms. The summed E-state index contributed by atoms with van der Waals surface area (Å²) >= 11 is 0. The first-order chi connectivity index (χ1) is 44.3. The molecule has 19 heteroatoms. The van der Waals surface area contributed by atoms with Crippen LogP contribution in [0.4, 0.5) is 0 Å². The molecule has 0 radical (unpaired) electrons. The summed E-state index contributed by atoms with van der Waals surface area (Å²) in [4.78, 5) is 72.7. The average Bonchev–Trinajstić information content (AvgIpc) is 1.44. The van der Waals surface area contributed by atoms with Crippen LogP contribution in [0.5, 0.6) is 0 Å². The predicted molar refractivity (Wildman–Crippen MR) is 372 cm³/mol. The number of unbranched alkanes of at least 4 members (excludes halogenated alkanes) is 38. The summed E-state index contributed by atoms with van der Waals surface area (Å²) in [5, 5.41) is 10.6. The second-order valence-electron chi connectivity index (χ2n) is 27.5. The highest BCUT2D eigenvalue weighted by Gasteiger charge is 2.30. The van der Waals surface area contributed by atoms with Gasteiger partial charge in [-0.25, -0.2) is 9.13 Å². The van der Waals surface area contributed by atoms with Gasteiger partial charge >= 0.3 is 39.5 Å². The number of carbonyl (C=O) groups is 4. The van der Waals surface area contributed by atoms with Crippen molar-refractivity contribution >= 4 is 39.5 Å². The van der Waals surface area contributed by atoms with Crippen LogP contribution in [0.2, 0.25) is 0 Å². The van der Waals surface area contributed by atoms with Crippen molar-refractivity contribution < 1.29 is 80.2 Å². The number of phosphoric acid groups is 2. The van der Waals surface area contributed by atoms with E-state index < -0.39 is 97.5 Å². The average molecular weight is 1350 g/mol. The van der Waals surface area contributed by atoms with Gasteiger partial charge in [-0.15, -0.1) is 0 Å². The molecule has 0 aromatic carbocycles. The molecule has 6 atom stereocenters. The normalized spacial score (nSPS) is 14.4. The minimum atomic E-state index is -4.96. The Morgan fingerprint density at radius 2 is 0.554 bits per heavy atom. The molecule has 0 amide bonds. The van der Waals surface area contributed by atoms with E-state index in [1.165, 1.54) is 173 Å². The summed E-state index contributed by atoms with van der Waals surface area (Å²) in [5.74, 6) is 0.158. The van der Waals surface area contributed by atoms with Gasteiger partial charge in [0, 0.05) is 25.7 Å². The van der Waals surface area contributed by atoms with E-state index in [0.717, 1.165) is 114 Å². The molecule has 0 aromatic heterocycles. The van der Waals surface area contributed by atoms with Gasteiger partial charge in [0.25, 0.3) is 0 Å². The minimum Gasteiger partial charge on any atom is -0.462 e. The van der Waals surface area contributed by atoms with E-state index in [1.54, 1.807) is 0 Å². The topological polar surface area (TPSA) is 237 Å². The van der Waals surface area contributed by atoms with Crippen molar-refractivity contribution in [2.75, 3.05) is 39.6 Å². The molecule has 0 rings (SSSR count). The fourth-order valence-corrected chi connectivity index (χ4v) is 12.6. The first-order valence-electron chi connectivity index (χ1n) is 37.9. The van der Waals surface area contributed by atoms with Gasteiger partial charge in [-0.3, -0.25) is 37.3 Å². The standard InChI is InChI=1S/C73H142O17P2/c1-8-10-11-12-13-14-15-16-22-28-33-42-49-56-73(78)90-69(61-84-71(76)55-48-41-36-35-39-46-53-66(7)9-2)63-88-92(81,82)86-59-67(74)58-85-91(79,80)87-62-68(60-83-70(75)54-47-40-32-27-24-19-21-26-31-38-45-52-65(5)6)89-72(77)57-50-43-34-29-23-18-17-20-25-30-37-44-51-64(3)4/h64-69,74H,8-63H2,1-7H3,(H,79,80)(H,81,82)/t66?,67-,68-,69-/m1/s1. The van der Waals surface area contributed by atoms with Crippen LogP contribution in [-0.2, 0) is 65.4 Å². The first kappa shape index (κ1) is 90.1. The molecule has 0 saturated heterocycles. The van der Waals surface area contributed by atoms with E-state index in [2.05, 4.69) is 48.5 Å². The zero-order chi connectivity index (χ0) is 68.0. The summed E-state index contributed by atoms with van der Waals surface area (Å²) in [5.41, 5.74) is 0. The van der Waals surface area contributed by atoms with Crippen LogP contribution in [0.3, 0.4) is 0 Å². The molecular weight excluding hydrogens is 1210 g/mol. The van der Waals surface area contributed by atoms with E-state index >= 15 is 0 Å². The quantitative estimate of drug-likeness (QED) is 0.0222. The van der Waals surface area contributed by atoms with E-state index in [4.69, 9.17) is 37.0 Å². The third-order valence-electron chi connectivity index (χ3n) is 17.2. The van der Waals surface area contributed by atoms with Crippen molar-refractivity contribution in [3.8, 4) is 0 Å². The van der Waals surface area contributed by atoms with E-state index in [-0.39, 0.29) is 25.7 Å². The Bertz CT molecular complexity index is 1800. The number of carbonyl (C=O) groups excluding carboxylic acids is 4. The van der Waals surface area contributed by atoms with Crippen LogP contribution in [0.1, 0.15) is 370 Å². The Morgan fingerprint density at radius 1 is 0.315 bits per heavy atom. The molecule has 0 saturated carbocycles. The van der Waals surface area contributed by atoms with E-state index in [0.29, 0.717) is 25.7 Å². The molecule has 0 aliphatic rings. The summed E-state index contributed by atoms with van der Waals surface area (Å²) in [6, 6.07) is 0. The molecule has 92 heavy (non-hydrogen) atoms. The lowest BCUT2D eigenvalue weighted by molar-refractivity contribution is -0.161. The number of hydrogen-bond acceptors (Lipinski definition) is 15. The number of hydrogen-bond donors (Lipinski definition) is 3. The lowest BCUT2D eigenvalue weighted by Gasteiger charge is -2.21. The van der Waals surface area contributed by atoms with Gasteiger partial charge in [-0.05, 0) is 43.4 Å². The molecule has 0 aromatic rings. The maximum atomic E-state index is 13.1. The number of aliphatic hydroxyl groups is 1. The maximum Gasteiger partial charge on any atom is 0.472 e. The first-order valence-corrected chi connectivity index (χ1v) is 40.9. The van der Waals surface area contributed by atoms with Gasteiger partial charge in [-0.1, -0.05) is 318 Å². The number of rotatable bonds is 71. The van der Waals surface area contributed by atoms with E-state index in [1.807, 2.05) is 0 Å². The van der Waals surface area contributed by atoms with Crippen molar-refractivity contribution in [2.45, 2.75) is 388 Å². The second kappa shape index (κ2) is 63.8. The summed E-state index contributed by atoms with van der Waals surface area (Å²) in [6.45, 7) is 11.9. The fraction of sp³-hybridized carbons (Fsp3) is 0.945.